The molecule has 122 valence electrons. The zero-order valence-electron chi connectivity index (χ0n) is 13.5. The van der Waals surface area contributed by atoms with Gasteiger partial charge in [-0.05, 0) is 6.42 Å². The fraction of sp³-hybridized carbons (Fsp3) is 0.867. The summed E-state index contributed by atoms with van der Waals surface area (Å²) in [4.78, 5) is 27.5. The molecule has 1 rings (SSSR count). The molecule has 6 nitrogen and oxygen atoms in total. The number of morpholine rings is 1. The van der Waals surface area contributed by atoms with E-state index in [0.29, 0.717) is 13.1 Å². The maximum atomic E-state index is 12.2. The molecule has 1 fully saturated rings. The van der Waals surface area contributed by atoms with E-state index in [9.17, 15) is 9.59 Å². The van der Waals surface area contributed by atoms with Crippen LogP contribution in [0.25, 0.3) is 0 Å². The summed E-state index contributed by atoms with van der Waals surface area (Å²) in [5.74, 6) is -0.225. The Morgan fingerprint density at radius 3 is 2.48 bits per heavy atom. The van der Waals surface area contributed by atoms with Crippen molar-refractivity contribution in [3.63, 3.8) is 0 Å². The number of hydrogen-bond donors (Lipinski definition) is 0. The smallest absolute Gasteiger partial charge is 0.307 e. The van der Waals surface area contributed by atoms with Gasteiger partial charge in [0, 0.05) is 38.6 Å². The van der Waals surface area contributed by atoms with Gasteiger partial charge in [-0.25, -0.2) is 0 Å². The standard InChI is InChI=1S/C15H28N2O4/c1-13(2)15(19)17(8-5-14(18)20-3)7-4-6-16-9-11-21-12-10-16/h13H,4-12H2,1-3H3. The van der Waals surface area contributed by atoms with Crippen LogP contribution in [0.5, 0.6) is 0 Å². The molecule has 0 aromatic rings. The van der Waals surface area contributed by atoms with Crippen LogP contribution < -0.4 is 0 Å². The van der Waals surface area contributed by atoms with Crippen molar-refractivity contribution in [2.45, 2.75) is 26.7 Å². The van der Waals surface area contributed by atoms with Gasteiger partial charge in [0.2, 0.25) is 5.91 Å². The van der Waals surface area contributed by atoms with E-state index in [4.69, 9.17) is 4.74 Å². The minimum atomic E-state index is -0.273. The molecule has 0 bridgehead atoms. The molecular weight excluding hydrogens is 272 g/mol. The number of nitrogens with zero attached hydrogens (tertiary/aromatic N) is 2. The predicted molar refractivity (Wildman–Crippen MR) is 79.9 cm³/mol. The third-order valence-electron chi connectivity index (χ3n) is 3.63. The monoisotopic (exact) mass is 300 g/mol. The Bertz CT molecular complexity index is 328. The number of amides is 1. The summed E-state index contributed by atoms with van der Waals surface area (Å²) < 4.78 is 9.96. The Morgan fingerprint density at radius 1 is 1.24 bits per heavy atom. The quantitative estimate of drug-likeness (QED) is 0.619. The summed E-state index contributed by atoms with van der Waals surface area (Å²) in [5.41, 5.74) is 0. The maximum Gasteiger partial charge on any atom is 0.307 e. The number of esters is 1. The van der Waals surface area contributed by atoms with E-state index in [1.807, 2.05) is 13.8 Å². The first-order chi connectivity index (χ1) is 10.0. The van der Waals surface area contributed by atoms with E-state index in [1.165, 1.54) is 7.11 Å². The zero-order chi connectivity index (χ0) is 15.7. The van der Waals surface area contributed by atoms with Crippen molar-refractivity contribution in [2.24, 2.45) is 5.92 Å². The molecule has 0 aromatic carbocycles. The average molecular weight is 300 g/mol. The highest BCUT2D eigenvalue weighted by atomic mass is 16.5. The predicted octanol–water partition coefficient (Wildman–Crippen LogP) is 0.756. The molecule has 21 heavy (non-hydrogen) atoms. The fourth-order valence-electron chi connectivity index (χ4n) is 2.34. The van der Waals surface area contributed by atoms with Gasteiger partial charge in [-0.2, -0.15) is 0 Å². The third-order valence-corrected chi connectivity index (χ3v) is 3.63. The topological polar surface area (TPSA) is 59.1 Å². The van der Waals surface area contributed by atoms with Crippen LogP contribution in [-0.4, -0.2) is 74.7 Å². The lowest BCUT2D eigenvalue weighted by Gasteiger charge is -2.29. The van der Waals surface area contributed by atoms with Crippen molar-refractivity contribution in [1.29, 1.82) is 0 Å². The lowest BCUT2D eigenvalue weighted by Crippen LogP contribution is -2.40. The number of methoxy groups -OCH3 is 1. The Balaban J connectivity index is 2.36. The summed E-state index contributed by atoms with van der Waals surface area (Å²) in [5, 5.41) is 0. The molecule has 0 radical (unpaired) electrons. The van der Waals surface area contributed by atoms with Crippen LogP contribution in [0.3, 0.4) is 0 Å². The number of ether oxygens (including phenoxy) is 2. The van der Waals surface area contributed by atoms with Gasteiger partial charge < -0.3 is 14.4 Å². The van der Waals surface area contributed by atoms with Crippen molar-refractivity contribution in [2.75, 3.05) is 53.0 Å². The molecule has 1 heterocycles. The number of hydrogen-bond acceptors (Lipinski definition) is 5. The molecule has 1 aliphatic heterocycles. The van der Waals surface area contributed by atoms with Gasteiger partial charge in [0.05, 0.1) is 26.7 Å². The van der Waals surface area contributed by atoms with E-state index < -0.39 is 0 Å². The second-order valence-corrected chi connectivity index (χ2v) is 5.61. The maximum absolute atomic E-state index is 12.2. The van der Waals surface area contributed by atoms with E-state index in [-0.39, 0.29) is 24.2 Å². The summed E-state index contributed by atoms with van der Waals surface area (Å²) in [6, 6.07) is 0. The van der Waals surface area contributed by atoms with Gasteiger partial charge in [-0.3, -0.25) is 14.5 Å². The van der Waals surface area contributed by atoms with Crippen LogP contribution in [0.2, 0.25) is 0 Å². The highest BCUT2D eigenvalue weighted by Crippen LogP contribution is 2.06. The third kappa shape index (κ3) is 6.91. The molecule has 0 atom stereocenters. The molecule has 6 heteroatoms. The van der Waals surface area contributed by atoms with Crippen LogP contribution in [0, 0.1) is 5.92 Å². The summed E-state index contributed by atoms with van der Waals surface area (Å²) >= 11 is 0. The largest absolute Gasteiger partial charge is 0.469 e. The van der Waals surface area contributed by atoms with Crippen LogP contribution in [-0.2, 0) is 19.1 Å². The molecule has 1 saturated heterocycles. The molecule has 0 saturated carbocycles. The zero-order valence-corrected chi connectivity index (χ0v) is 13.5. The summed E-state index contributed by atoms with van der Waals surface area (Å²) in [7, 11) is 1.37. The summed E-state index contributed by atoms with van der Waals surface area (Å²) in [6.45, 7) is 9.35. The Kier molecular flexibility index (Phi) is 8.30. The molecule has 1 aliphatic rings. The lowest BCUT2D eigenvalue weighted by molar-refractivity contribution is -0.142. The molecule has 0 N–H and O–H groups in total. The first-order valence-electron chi connectivity index (χ1n) is 7.70. The number of rotatable bonds is 8. The summed E-state index contributed by atoms with van der Waals surface area (Å²) in [6.07, 6.45) is 1.17. The van der Waals surface area contributed by atoms with E-state index in [1.54, 1.807) is 4.90 Å². The van der Waals surface area contributed by atoms with Crippen LogP contribution in [0.1, 0.15) is 26.7 Å². The number of carbonyl (C=O) groups excluding carboxylic acids is 2. The fourth-order valence-corrected chi connectivity index (χ4v) is 2.34. The van der Waals surface area contributed by atoms with Crippen LogP contribution in [0.4, 0.5) is 0 Å². The van der Waals surface area contributed by atoms with Crippen molar-refractivity contribution in [1.82, 2.24) is 9.80 Å². The normalized spacial score (nSPS) is 16.0. The average Bonchev–Trinajstić information content (AvgIpc) is 2.50. The second-order valence-electron chi connectivity index (χ2n) is 5.61. The van der Waals surface area contributed by atoms with Gasteiger partial charge in [0.25, 0.3) is 0 Å². The molecule has 1 amide bonds. The van der Waals surface area contributed by atoms with Crippen molar-refractivity contribution >= 4 is 11.9 Å². The van der Waals surface area contributed by atoms with Crippen molar-refractivity contribution in [3.8, 4) is 0 Å². The van der Waals surface area contributed by atoms with E-state index >= 15 is 0 Å². The van der Waals surface area contributed by atoms with Gasteiger partial charge in [-0.1, -0.05) is 13.8 Å². The number of carbonyl (C=O) groups is 2. The molecule has 0 spiro atoms. The highest BCUT2D eigenvalue weighted by Gasteiger charge is 2.18. The Hall–Kier alpha value is -1.14. The SMILES string of the molecule is COC(=O)CCN(CCCN1CCOCC1)C(=O)C(C)C. The molecular formula is C15H28N2O4. The highest BCUT2D eigenvalue weighted by molar-refractivity contribution is 5.79. The minimum Gasteiger partial charge on any atom is -0.469 e. The Labute approximate surface area is 127 Å². The van der Waals surface area contributed by atoms with E-state index in [0.717, 1.165) is 39.3 Å². The van der Waals surface area contributed by atoms with Gasteiger partial charge in [0.15, 0.2) is 0 Å². The lowest BCUT2D eigenvalue weighted by atomic mass is 10.1. The van der Waals surface area contributed by atoms with Gasteiger partial charge in [-0.15, -0.1) is 0 Å². The second kappa shape index (κ2) is 9.73. The Morgan fingerprint density at radius 2 is 1.90 bits per heavy atom. The van der Waals surface area contributed by atoms with Gasteiger partial charge in [0.1, 0.15) is 0 Å². The first-order valence-corrected chi connectivity index (χ1v) is 7.70. The molecule has 0 aliphatic carbocycles. The molecule has 0 aromatic heterocycles. The molecule has 0 unspecified atom stereocenters. The van der Waals surface area contributed by atoms with Crippen LogP contribution in [0.15, 0.2) is 0 Å². The first kappa shape index (κ1) is 17.9. The van der Waals surface area contributed by atoms with Gasteiger partial charge >= 0.3 is 5.97 Å². The van der Waals surface area contributed by atoms with Crippen LogP contribution >= 0.6 is 0 Å². The van der Waals surface area contributed by atoms with Crippen molar-refractivity contribution in [3.05, 3.63) is 0 Å². The van der Waals surface area contributed by atoms with E-state index in [2.05, 4.69) is 9.64 Å². The minimum absolute atomic E-state index is 0.0500. The van der Waals surface area contributed by atoms with Crippen molar-refractivity contribution < 1.29 is 19.1 Å².